The SMILES string of the molecule is COc1ccc(-c2cc(Oc3ccc(N)cc3F)n3nccc3n2)cc1. The number of nitrogens with zero attached hydrogens (tertiary/aromatic N) is 3. The van der Waals surface area contributed by atoms with Crippen LogP contribution < -0.4 is 15.2 Å². The monoisotopic (exact) mass is 350 g/mol. The molecule has 0 saturated heterocycles. The molecule has 2 N–H and O–H groups in total. The number of fused-ring (bicyclic) bond motifs is 1. The lowest BCUT2D eigenvalue weighted by Gasteiger charge is -2.11. The third-order valence-electron chi connectivity index (χ3n) is 3.88. The maximum atomic E-state index is 14.1. The number of rotatable bonds is 4. The standard InChI is InChI=1S/C19H15FN4O2/c1-25-14-5-2-12(3-6-14)16-11-19(24-18(23-16)8-9-22-24)26-17-7-4-13(21)10-15(17)20/h2-11H,21H2,1H3. The fraction of sp³-hybridized carbons (Fsp3) is 0.0526. The van der Waals surface area contributed by atoms with Crippen LogP contribution in [0.1, 0.15) is 0 Å². The highest BCUT2D eigenvalue weighted by Crippen LogP contribution is 2.30. The molecule has 7 heteroatoms. The topological polar surface area (TPSA) is 74.7 Å². The van der Waals surface area contributed by atoms with Gasteiger partial charge >= 0.3 is 0 Å². The van der Waals surface area contributed by atoms with Crippen LogP contribution in [0.3, 0.4) is 0 Å². The third kappa shape index (κ3) is 2.90. The van der Waals surface area contributed by atoms with Crippen LogP contribution in [0.15, 0.2) is 60.8 Å². The molecule has 0 aliphatic heterocycles. The molecule has 2 heterocycles. The Hall–Kier alpha value is -3.61. The summed E-state index contributed by atoms with van der Waals surface area (Å²) in [6, 6.07) is 15.2. The molecule has 0 unspecified atom stereocenters. The Morgan fingerprint density at radius 2 is 1.85 bits per heavy atom. The van der Waals surface area contributed by atoms with Gasteiger partial charge in [-0.05, 0) is 36.4 Å². The Bertz CT molecular complexity index is 1080. The zero-order chi connectivity index (χ0) is 18.1. The van der Waals surface area contributed by atoms with Crippen LogP contribution >= 0.6 is 0 Å². The maximum Gasteiger partial charge on any atom is 0.224 e. The van der Waals surface area contributed by atoms with Gasteiger partial charge in [-0.3, -0.25) is 0 Å². The van der Waals surface area contributed by atoms with E-state index in [9.17, 15) is 4.39 Å². The number of aromatic nitrogens is 3. The van der Waals surface area contributed by atoms with Gasteiger partial charge in [-0.1, -0.05) is 0 Å². The van der Waals surface area contributed by atoms with Crippen LogP contribution in [0.2, 0.25) is 0 Å². The third-order valence-corrected chi connectivity index (χ3v) is 3.88. The van der Waals surface area contributed by atoms with Crippen LogP contribution in [-0.2, 0) is 0 Å². The van der Waals surface area contributed by atoms with Crippen molar-refractivity contribution in [3.63, 3.8) is 0 Å². The first kappa shape index (κ1) is 15.9. The number of anilines is 1. The smallest absolute Gasteiger partial charge is 0.224 e. The minimum absolute atomic E-state index is 0.0582. The minimum atomic E-state index is -0.548. The Labute approximate surface area is 148 Å². The first-order chi connectivity index (χ1) is 12.6. The van der Waals surface area contributed by atoms with E-state index in [1.165, 1.54) is 16.6 Å². The fourth-order valence-electron chi connectivity index (χ4n) is 2.58. The molecule has 0 atom stereocenters. The lowest BCUT2D eigenvalue weighted by Crippen LogP contribution is -2.00. The lowest BCUT2D eigenvalue weighted by atomic mass is 10.1. The van der Waals surface area contributed by atoms with Gasteiger partial charge in [-0.15, -0.1) is 0 Å². The number of nitrogens with two attached hydrogens (primary N) is 1. The second kappa shape index (κ2) is 6.36. The van der Waals surface area contributed by atoms with Crippen molar-refractivity contribution in [2.75, 3.05) is 12.8 Å². The van der Waals surface area contributed by atoms with Gasteiger partial charge in [-0.2, -0.15) is 9.61 Å². The second-order valence-corrected chi connectivity index (χ2v) is 5.60. The van der Waals surface area contributed by atoms with Gasteiger partial charge in [0.15, 0.2) is 17.2 Å². The zero-order valence-electron chi connectivity index (χ0n) is 13.9. The summed E-state index contributed by atoms with van der Waals surface area (Å²) in [5.74, 6) is 0.602. The molecule has 2 aromatic heterocycles. The van der Waals surface area contributed by atoms with Gasteiger partial charge in [0.1, 0.15) is 5.75 Å². The van der Waals surface area contributed by atoms with E-state index in [1.54, 1.807) is 31.5 Å². The van der Waals surface area contributed by atoms with Crippen molar-refractivity contribution < 1.29 is 13.9 Å². The summed E-state index contributed by atoms with van der Waals surface area (Å²) in [5.41, 5.74) is 8.04. The maximum absolute atomic E-state index is 14.1. The van der Waals surface area contributed by atoms with Gasteiger partial charge in [-0.25, -0.2) is 9.37 Å². The molecule has 0 spiro atoms. The van der Waals surface area contributed by atoms with Crippen LogP contribution in [0.5, 0.6) is 17.4 Å². The summed E-state index contributed by atoms with van der Waals surface area (Å²) >= 11 is 0. The van der Waals surface area contributed by atoms with Crippen molar-refractivity contribution in [3.8, 4) is 28.6 Å². The molecule has 0 amide bonds. The highest BCUT2D eigenvalue weighted by atomic mass is 19.1. The summed E-state index contributed by atoms with van der Waals surface area (Å²) in [6.45, 7) is 0. The molecule has 6 nitrogen and oxygen atoms in total. The Kier molecular flexibility index (Phi) is 3.89. The highest BCUT2D eigenvalue weighted by Gasteiger charge is 2.12. The van der Waals surface area contributed by atoms with Crippen LogP contribution in [0.4, 0.5) is 10.1 Å². The summed E-state index contributed by atoms with van der Waals surface area (Å²) in [7, 11) is 1.61. The molecule has 2 aromatic carbocycles. The van der Waals surface area contributed by atoms with Crippen molar-refractivity contribution in [1.82, 2.24) is 14.6 Å². The quantitative estimate of drug-likeness (QED) is 0.565. The number of methoxy groups -OCH3 is 1. The van der Waals surface area contributed by atoms with Gasteiger partial charge in [0.25, 0.3) is 0 Å². The largest absolute Gasteiger partial charge is 0.497 e. The normalized spacial score (nSPS) is 10.8. The Morgan fingerprint density at radius 1 is 1.04 bits per heavy atom. The fourth-order valence-corrected chi connectivity index (χ4v) is 2.58. The van der Waals surface area contributed by atoms with Crippen molar-refractivity contribution in [2.45, 2.75) is 0 Å². The average Bonchev–Trinajstić information content (AvgIpc) is 3.13. The number of benzene rings is 2. The summed E-state index contributed by atoms with van der Waals surface area (Å²) in [6.07, 6.45) is 1.60. The molecule has 0 fully saturated rings. The molecule has 0 bridgehead atoms. The highest BCUT2D eigenvalue weighted by molar-refractivity contribution is 5.64. The van der Waals surface area contributed by atoms with E-state index in [0.717, 1.165) is 11.3 Å². The first-order valence-electron chi connectivity index (χ1n) is 7.86. The molecule has 0 aliphatic rings. The van der Waals surface area contributed by atoms with Crippen molar-refractivity contribution >= 4 is 11.3 Å². The number of hydrogen-bond acceptors (Lipinski definition) is 5. The van der Waals surface area contributed by atoms with E-state index in [1.807, 2.05) is 24.3 Å². The first-order valence-corrected chi connectivity index (χ1v) is 7.86. The van der Waals surface area contributed by atoms with E-state index in [2.05, 4.69) is 10.1 Å². The van der Waals surface area contributed by atoms with Gasteiger partial charge < -0.3 is 15.2 Å². The zero-order valence-corrected chi connectivity index (χ0v) is 13.9. The van der Waals surface area contributed by atoms with Crippen molar-refractivity contribution in [2.24, 2.45) is 0 Å². The van der Waals surface area contributed by atoms with E-state index < -0.39 is 5.82 Å². The molecule has 4 aromatic rings. The summed E-state index contributed by atoms with van der Waals surface area (Å²) in [4.78, 5) is 4.57. The number of ether oxygens (including phenoxy) is 2. The summed E-state index contributed by atoms with van der Waals surface area (Å²) in [5, 5.41) is 4.19. The molecular weight excluding hydrogens is 335 g/mol. The van der Waals surface area contributed by atoms with E-state index in [4.69, 9.17) is 15.2 Å². The van der Waals surface area contributed by atoms with Crippen LogP contribution in [0, 0.1) is 5.82 Å². The predicted molar refractivity (Wildman–Crippen MR) is 95.9 cm³/mol. The van der Waals surface area contributed by atoms with Crippen molar-refractivity contribution in [1.29, 1.82) is 0 Å². The van der Waals surface area contributed by atoms with E-state index in [-0.39, 0.29) is 5.75 Å². The number of halogens is 1. The number of hydrogen-bond donors (Lipinski definition) is 1. The molecular formula is C19H15FN4O2. The van der Waals surface area contributed by atoms with Gasteiger partial charge in [0.2, 0.25) is 5.88 Å². The molecule has 130 valence electrons. The second-order valence-electron chi connectivity index (χ2n) is 5.60. The van der Waals surface area contributed by atoms with Crippen LogP contribution in [-0.4, -0.2) is 21.7 Å². The lowest BCUT2D eigenvalue weighted by molar-refractivity contribution is 0.414. The Morgan fingerprint density at radius 3 is 2.58 bits per heavy atom. The molecule has 0 aliphatic carbocycles. The predicted octanol–water partition coefficient (Wildman–Crippen LogP) is 3.92. The van der Waals surface area contributed by atoms with E-state index in [0.29, 0.717) is 22.9 Å². The molecule has 4 rings (SSSR count). The Balaban J connectivity index is 1.79. The van der Waals surface area contributed by atoms with Crippen LogP contribution in [0.25, 0.3) is 16.9 Å². The average molecular weight is 350 g/mol. The minimum Gasteiger partial charge on any atom is -0.497 e. The van der Waals surface area contributed by atoms with Gasteiger partial charge in [0, 0.05) is 29.4 Å². The van der Waals surface area contributed by atoms with E-state index >= 15 is 0 Å². The number of nitrogen functional groups attached to an aromatic ring is 1. The molecule has 0 radical (unpaired) electrons. The molecule has 26 heavy (non-hydrogen) atoms. The summed E-state index contributed by atoms with van der Waals surface area (Å²) < 4.78 is 26.5. The van der Waals surface area contributed by atoms with Gasteiger partial charge in [0.05, 0.1) is 19.0 Å². The van der Waals surface area contributed by atoms with Crippen molar-refractivity contribution in [3.05, 3.63) is 66.6 Å². The molecule has 0 saturated carbocycles.